The minimum Gasteiger partial charge on any atom is -0.375 e. The zero-order chi connectivity index (χ0) is 18.5. The fraction of sp³-hybridized carbons (Fsp3) is 0.250. The molecule has 0 N–H and O–H groups in total. The first-order valence-corrected chi connectivity index (χ1v) is 9.35. The summed E-state index contributed by atoms with van der Waals surface area (Å²) in [5.41, 5.74) is 4.72. The summed E-state index contributed by atoms with van der Waals surface area (Å²) in [6.45, 7) is 2.99. The Balaban J connectivity index is 1.59. The smallest absolute Gasteiger partial charge is 0.139 e. The fourth-order valence-corrected chi connectivity index (χ4v) is 3.51. The highest BCUT2D eigenvalue weighted by molar-refractivity contribution is 5.50. The van der Waals surface area contributed by atoms with Crippen molar-refractivity contribution in [2.75, 3.05) is 25.2 Å². The van der Waals surface area contributed by atoms with E-state index in [1.807, 2.05) is 0 Å². The molecule has 3 heteroatoms. The van der Waals surface area contributed by atoms with Crippen LogP contribution in [0.5, 0.6) is 0 Å². The maximum Gasteiger partial charge on any atom is 0.139 e. The largest absolute Gasteiger partial charge is 0.375 e. The van der Waals surface area contributed by atoms with E-state index < -0.39 is 0 Å². The number of hydrogen-bond acceptors (Lipinski definition) is 3. The highest BCUT2D eigenvalue weighted by Gasteiger charge is 2.40. The van der Waals surface area contributed by atoms with Crippen molar-refractivity contribution in [2.45, 2.75) is 18.7 Å². The summed E-state index contributed by atoms with van der Waals surface area (Å²) >= 11 is 0. The van der Waals surface area contributed by atoms with E-state index in [2.05, 4.69) is 89.8 Å². The lowest BCUT2D eigenvalue weighted by Crippen LogP contribution is -2.48. The monoisotopic (exact) mass is 359 g/mol. The van der Waals surface area contributed by atoms with E-state index in [1.54, 1.807) is 7.11 Å². The van der Waals surface area contributed by atoms with Gasteiger partial charge >= 0.3 is 0 Å². The van der Waals surface area contributed by atoms with Crippen LogP contribution in [0, 0.1) is 0 Å². The molecule has 0 amide bonds. The summed E-state index contributed by atoms with van der Waals surface area (Å²) in [4.78, 5) is 2.41. The van der Waals surface area contributed by atoms with E-state index in [4.69, 9.17) is 9.47 Å². The molecule has 0 saturated carbocycles. The predicted molar refractivity (Wildman–Crippen MR) is 109 cm³/mol. The van der Waals surface area contributed by atoms with Crippen molar-refractivity contribution in [3.05, 3.63) is 102 Å². The third-order valence-electron chi connectivity index (χ3n) is 5.25. The highest BCUT2D eigenvalue weighted by atomic mass is 16.6. The highest BCUT2D eigenvalue weighted by Crippen LogP contribution is 2.34. The predicted octanol–water partition coefficient (Wildman–Crippen LogP) is 4.77. The van der Waals surface area contributed by atoms with Crippen LogP contribution < -0.4 is 4.90 Å². The molecule has 0 aliphatic carbocycles. The molecule has 138 valence electrons. The lowest BCUT2D eigenvalue weighted by atomic mass is 9.91. The van der Waals surface area contributed by atoms with Gasteiger partial charge in [-0.3, -0.25) is 0 Å². The van der Waals surface area contributed by atoms with Crippen molar-refractivity contribution in [1.82, 2.24) is 0 Å². The van der Waals surface area contributed by atoms with Crippen molar-refractivity contribution in [3.63, 3.8) is 0 Å². The van der Waals surface area contributed by atoms with Gasteiger partial charge < -0.3 is 14.4 Å². The first-order valence-electron chi connectivity index (χ1n) is 9.35. The SMILES string of the molecule is COC1(c2ccc(N(Cc3ccccc3)Cc3ccccc3)cc2)COC1. The summed E-state index contributed by atoms with van der Waals surface area (Å²) in [6.07, 6.45) is 0. The number of ether oxygens (including phenoxy) is 2. The van der Waals surface area contributed by atoms with Crippen LogP contribution in [-0.2, 0) is 28.2 Å². The zero-order valence-electron chi connectivity index (χ0n) is 15.7. The molecule has 0 bridgehead atoms. The first-order chi connectivity index (χ1) is 13.3. The van der Waals surface area contributed by atoms with E-state index in [0.717, 1.165) is 13.1 Å². The Kier molecular flexibility index (Phi) is 5.23. The van der Waals surface area contributed by atoms with E-state index in [-0.39, 0.29) is 5.60 Å². The van der Waals surface area contributed by atoms with Crippen LogP contribution in [-0.4, -0.2) is 20.3 Å². The van der Waals surface area contributed by atoms with E-state index in [9.17, 15) is 0 Å². The summed E-state index contributed by atoms with van der Waals surface area (Å²) < 4.78 is 11.1. The second kappa shape index (κ2) is 7.95. The quantitative estimate of drug-likeness (QED) is 0.607. The van der Waals surface area contributed by atoms with Crippen molar-refractivity contribution in [1.29, 1.82) is 0 Å². The van der Waals surface area contributed by atoms with Gasteiger partial charge in [0.25, 0.3) is 0 Å². The maximum absolute atomic E-state index is 5.71. The van der Waals surface area contributed by atoms with Crippen LogP contribution in [0.2, 0.25) is 0 Å². The van der Waals surface area contributed by atoms with Gasteiger partial charge in [0.1, 0.15) is 5.60 Å². The van der Waals surface area contributed by atoms with Gasteiger partial charge in [-0.1, -0.05) is 72.8 Å². The average molecular weight is 359 g/mol. The third-order valence-corrected chi connectivity index (χ3v) is 5.25. The number of benzene rings is 3. The van der Waals surface area contributed by atoms with Crippen LogP contribution >= 0.6 is 0 Å². The Morgan fingerprint density at radius 3 is 1.70 bits per heavy atom. The second-order valence-electron chi connectivity index (χ2n) is 7.07. The van der Waals surface area contributed by atoms with Gasteiger partial charge in [0.2, 0.25) is 0 Å². The number of hydrogen-bond donors (Lipinski definition) is 0. The minimum absolute atomic E-state index is 0.276. The molecule has 3 aromatic rings. The maximum atomic E-state index is 5.71. The van der Waals surface area contributed by atoms with Crippen LogP contribution in [0.25, 0.3) is 0 Å². The van der Waals surface area contributed by atoms with Gasteiger partial charge in [-0.25, -0.2) is 0 Å². The molecule has 3 aromatic carbocycles. The molecule has 0 unspecified atom stereocenters. The Bertz CT molecular complexity index is 796. The standard InChI is InChI=1S/C24H25NO2/c1-26-24(18-27-19-24)22-12-14-23(15-13-22)25(16-20-8-4-2-5-9-20)17-21-10-6-3-7-11-21/h2-15H,16-19H2,1H3. The summed E-state index contributed by atoms with van der Waals surface area (Å²) in [6, 6.07) is 29.9. The van der Waals surface area contributed by atoms with Crippen LogP contribution in [0.4, 0.5) is 5.69 Å². The number of methoxy groups -OCH3 is 1. The topological polar surface area (TPSA) is 21.7 Å². The normalized spacial score (nSPS) is 15.1. The molecule has 0 aromatic heterocycles. The molecular formula is C24H25NO2. The summed E-state index contributed by atoms with van der Waals surface area (Å²) in [7, 11) is 1.76. The molecule has 0 radical (unpaired) electrons. The Labute approximate surface area is 161 Å². The Morgan fingerprint density at radius 1 is 0.778 bits per heavy atom. The van der Waals surface area contributed by atoms with Gasteiger partial charge in [-0.15, -0.1) is 0 Å². The van der Waals surface area contributed by atoms with Gasteiger partial charge in [-0.05, 0) is 28.8 Å². The average Bonchev–Trinajstić information content (AvgIpc) is 2.69. The first kappa shape index (κ1) is 17.8. The molecule has 1 aliphatic rings. The van der Waals surface area contributed by atoms with Crippen molar-refractivity contribution in [3.8, 4) is 0 Å². The molecule has 1 fully saturated rings. The number of anilines is 1. The molecule has 0 atom stereocenters. The van der Waals surface area contributed by atoms with Gasteiger partial charge in [0, 0.05) is 25.9 Å². The molecule has 4 rings (SSSR count). The third kappa shape index (κ3) is 3.90. The summed E-state index contributed by atoms with van der Waals surface area (Å²) in [5.74, 6) is 0. The number of nitrogens with zero attached hydrogens (tertiary/aromatic N) is 1. The summed E-state index contributed by atoms with van der Waals surface area (Å²) in [5, 5.41) is 0. The Morgan fingerprint density at radius 2 is 1.30 bits per heavy atom. The van der Waals surface area contributed by atoms with Crippen LogP contribution in [0.3, 0.4) is 0 Å². The van der Waals surface area contributed by atoms with Crippen molar-refractivity contribution in [2.24, 2.45) is 0 Å². The molecular weight excluding hydrogens is 334 g/mol. The lowest BCUT2D eigenvalue weighted by Gasteiger charge is -2.40. The fourth-order valence-electron chi connectivity index (χ4n) is 3.51. The molecule has 3 nitrogen and oxygen atoms in total. The van der Waals surface area contributed by atoms with E-state index in [0.29, 0.717) is 13.2 Å². The van der Waals surface area contributed by atoms with Gasteiger partial charge in [0.15, 0.2) is 0 Å². The Hall–Kier alpha value is -2.62. The number of rotatable bonds is 7. The molecule has 1 saturated heterocycles. The van der Waals surface area contributed by atoms with Crippen molar-refractivity contribution >= 4 is 5.69 Å². The zero-order valence-corrected chi connectivity index (χ0v) is 15.7. The van der Waals surface area contributed by atoms with E-state index >= 15 is 0 Å². The van der Waals surface area contributed by atoms with Crippen LogP contribution in [0.15, 0.2) is 84.9 Å². The van der Waals surface area contributed by atoms with Gasteiger partial charge in [-0.2, -0.15) is 0 Å². The minimum atomic E-state index is -0.276. The van der Waals surface area contributed by atoms with Crippen molar-refractivity contribution < 1.29 is 9.47 Å². The second-order valence-corrected chi connectivity index (χ2v) is 7.07. The van der Waals surface area contributed by atoms with Gasteiger partial charge in [0.05, 0.1) is 13.2 Å². The van der Waals surface area contributed by atoms with E-state index in [1.165, 1.54) is 22.4 Å². The lowest BCUT2D eigenvalue weighted by molar-refractivity contribution is -0.202. The molecule has 1 heterocycles. The van der Waals surface area contributed by atoms with Crippen LogP contribution in [0.1, 0.15) is 16.7 Å². The molecule has 0 spiro atoms. The molecule has 27 heavy (non-hydrogen) atoms. The molecule has 1 aliphatic heterocycles.